The molecule has 2 aromatic carbocycles. The highest BCUT2D eigenvalue weighted by Crippen LogP contribution is 2.41. The van der Waals surface area contributed by atoms with Crippen molar-refractivity contribution in [2.45, 2.75) is 38.3 Å². The average molecular weight is 549 g/mol. The van der Waals surface area contributed by atoms with Crippen LogP contribution in [0.4, 0.5) is 5.69 Å². The topological polar surface area (TPSA) is 84.7 Å². The molecule has 208 valence electrons. The van der Waals surface area contributed by atoms with E-state index in [-0.39, 0.29) is 30.8 Å². The first kappa shape index (κ1) is 25.7. The van der Waals surface area contributed by atoms with Gasteiger partial charge in [0.25, 0.3) is 5.56 Å². The minimum Gasteiger partial charge on any atom is -0.460 e. The van der Waals surface area contributed by atoms with Crippen molar-refractivity contribution in [3.8, 4) is 11.4 Å². The van der Waals surface area contributed by atoms with Crippen LogP contribution in [0.25, 0.3) is 22.3 Å². The number of aromatic nitrogens is 2. The number of para-hydroxylation sites is 2. The average Bonchev–Trinajstić information content (AvgIpc) is 3.37. The lowest BCUT2D eigenvalue weighted by atomic mass is 9.70. The second-order valence-corrected chi connectivity index (χ2v) is 11.2. The quantitative estimate of drug-likeness (QED) is 0.235. The van der Waals surface area contributed by atoms with Crippen molar-refractivity contribution in [2.24, 2.45) is 0 Å². The Morgan fingerprint density at radius 3 is 2.51 bits per heavy atom. The van der Waals surface area contributed by atoms with Crippen molar-refractivity contribution >= 4 is 28.3 Å². The van der Waals surface area contributed by atoms with Crippen LogP contribution in [-0.2, 0) is 32.9 Å². The van der Waals surface area contributed by atoms with Gasteiger partial charge in [0.1, 0.15) is 6.61 Å². The van der Waals surface area contributed by atoms with Gasteiger partial charge < -0.3 is 14.2 Å². The van der Waals surface area contributed by atoms with E-state index in [0.717, 1.165) is 48.3 Å². The Bertz CT molecular complexity index is 1740. The highest BCUT2D eigenvalue weighted by atomic mass is 16.5. The molecule has 8 heteroatoms. The van der Waals surface area contributed by atoms with Gasteiger partial charge in [0.05, 0.1) is 29.0 Å². The summed E-state index contributed by atoms with van der Waals surface area (Å²) in [6.45, 7) is 6.13. The molecule has 3 aliphatic rings. The van der Waals surface area contributed by atoms with E-state index in [1.165, 1.54) is 5.69 Å². The number of fused-ring (bicyclic) bond motifs is 5. The lowest BCUT2D eigenvalue weighted by Crippen LogP contribution is -2.51. The molecular weight excluding hydrogens is 516 g/mol. The highest BCUT2D eigenvalue weighted by molar-refractivity contribution is 6.10. The van der Waals surface area contributed by atoms with Crippen LogP contribution in [0.3, 0.4) is 0 Å². The van der Waals surface area contributed by atoms with Gasteiger partial charge in [-0.05, 0) is 42.3 Å². The Labute approximate surface area is 238 Å². The molecule has 3 aliphatic heterocycles. The fourth-order valence-electron chi connectivity index (χ4n) is 6.74. The number of carbonyl (C=O) groups is 2. The predicted octanol–water partition coefficient (Wildman–Crippen LogP) is 3.91. The summed E-state index contributed by atoms with van der Waals surface area (Å²) in [6, 6.07) is 22.1. The maximum atomic E-state index is 14.0. The number of hydrogen-bond acceptors (Lipinski definition) is 7. The molecule has 2 aromatic heterocycles. The van der Waals surface area contributed by atoms with Gasteiger partial charge in [-0.1, -0.05) is 43.3 Å². The fourth-order valence-corrected chi connectivity index (χ4v) is 6.74. The van der Waals surface area contributed by atoms with Gasteiger partial charge in [-0.3, -0.25) is 19.3 Å². The zero-order valence-corrected chi connectivity index (χ0v) is 23.1. The molecule has 0 spiro atoms. The van der Waals surface area contributed by atoms with Crippen molar-refractivity contribution in [3.63, 3.8) is 0 Å². The van der Waals surface area contributed by atoms with E-state index >= 15 is 0 Å². The first-order valence-electron chi connectivity index (χ1n) is 14.4. The number of nitrogens with zero attached hydrogens (tertiary/aromatic N) is 4. The maximum absolute atomic E-state index is 14.0. The molecule has 0 aliphatic carbocycles. The molecule has 0 bridgehead atoms. The minimum atomic E-state index is -1.49. The van der Waals surface area contributed by atoms with Gasteiger partial charge in [-0.2, -0.15) is 0 Å². The van der Waals surface area contributed by atoms with Gasteiger partial charge in [0.2, 0.25) is 0 Å². The van der Waals surface area contributed by atoms with Gasteiger partial charge in [-0.25, -0.2) is 4.98 Å². The summed E-state index contributed by atoms with van der Waals surface area (Å²) in [5.74, 6) is -0.745. The lowest BCUT2D eigenvalue weighted by molar-refractivity contribution is -0.158. The molecule has 0 N–H and O–H groups in total. The third-order valence-electron chi connectivity index (χ3n) is 9.09. The number of esters is 1. The number of pyridine rings is 2. The van der Waals surface area contributed by atoms with Crippen LogP contribution in [0.5, 0.6) is 0 Å². The third kappa shape index (κ3) is 4.08. The van der Waals surface area contributed by atoms with E-state index < -0.39 is 11.4 Å². The Kier molecular flexibility index (Phi) is 6.23. The van der Waals surface area contributed by atoms with Crippen molar-refractivity contribution in [3.05, 3.63) is 93.8 Å². The van der Waals surface area contributed by atoms with Crippen LogP contribution in [0, 0.1) is 0 Å². The Morgan fingerprint density at radius 1 is 0.976 bits per heavy atom. The third-order valence-corrected chi connectivity index (χ3v) is 9.09. The first-order valence-corrected chi connectivity index (χ1v) is 14.4. The fraction of sp³-hybridized carbons (Fsp3) is 0.333. The SMILES string of the molecule is CC[C@@]1(C(=O)CCN2CCN(c3ccccc3)CC2)C(=O)OCc2c1cc1n(c2=O)Cc2cc3ccccc3nc2-1. The molecule has 1 saturated heterocycles. The Balaban J connectivity index is 1.18. The summed E-state index contributed by atoms with van der Waals surface area (Å²) in [5, 5.41) is 1.01. The molecule has 8 nitrogen and oxygen atoms in total. The predicted molar refractivity (Wildman–Crippen MR) is 157 cm³/mol. The van der Waals surface area contributed by atoms with E-state index in [1.54, 1.807) is 4.57 Å². The van der Waals surface area contributed by atoms with Crippen molar-refractivity contribution in [1.29, 1.82) is 0 Å². The van der Waals surface area contributed by atoms with Crippen LogP contribution in [0.15, 0.2) is 71.5 Å². The number of hydrogen-bond donors (Lipinski definition) is 0. The van der Waals surface area contributed by atoms with E-state index in [4.69, 9.17) is 9.72 Å². The number of rotatable bonds is 6. The van der Waals surface area contributed by atoms with Crippen LogP contribution < -0.4 is 10.5 Å². The summed E-state index contributed by atoms with van der Waals surface area (Å²) >= 11 is 0. The van der Waals surface area contributed by atoms with Crippen molar-refractivity contribution in [1.82, 2.24) is 14.5 Å². The minimum absolute atomic E-state index is 0.116. The summed E-state index contributed by atoms with van der Waals surface area (Å²) in [5.41, 5.74) is 3.59. The van der Waals surface area contributed by atoms with E-state index in [2.05, 4.69) is 28.0 Å². The summed E-state index contributed by atoms with van der Waals surface area (Å²) in [6.07, 6.45) is 0.450. The van der Waals surface area contributed by atoms with E-state index in [0.29, 0.717) is 29.9 Å². The maximum Gasteiger partial charge on any atom is 0.324 e. The van der Waals surface area contributed by atoms with E-state index in [1.807, 2.05) is 55.5 Å². The number of carbonyl (C=O) groups excluding carboxylic acids is 2. The Morgan fingerprint density at radius 2 is 1.73 bits per heavy atom. The normalized spacial score (nSPS) is 19.9. The zero-order chi connectivity index (χ0) is 28.1. The van der Waals surface area contributed by atoms with Crippen LogP contribution in [0.1, 0.15) is 36.5 Å². The van der Waals surface area contributed by atoms with Crippen LogP contribution >= 0.6 is 0 Å². The van der Waals surface area contributed by atoms with Crippen LogP contribution in [-0.4, -0.2) is 58.9 Å². The molecule has 7 rings (SSSR count). The number of ketones is 1. The lowest BCUT2D eigenvalue weighted by Gasteiger charge is -2.38. The molecular formula is C33H32N4O4. The number of benzene rings is 2. The van der Waals surface area contributed by atoms with Gasteiger partial charge in [-0.15, -0.1) is 0 Å². The molecule has 0 amide bonds. The molecule has 1 atom stereocenters. The van der Waals surface area contributed by atoms with Crippen LogP contribution in [0.2, 0.25) is 0 Å². The first-order chi connectivity index (χ1) is 20.0. The molecule has 41 heavy (non-hydrogen) atoms. The molecule has 0 unspecified atom stereocenters. The summed E-state index contributed by atoms with van der Waals surface area (Å²) in [7, 11) is 0. The Hall–Kier alpha value is -4.30. The van der Waals surface area contributed by atoms with E-state index in [9.17, 15) is 14.4 Å². The van der Waals surface area contributed by atoms with Gasteiger partial charge in [0, 0.05) is 55.8 Å². The van der Waals surface area contributed by atoms with Gasteiger partial charge in [0.15, 0.2) is 11.2 Å². The molecule has 4 aromatic rings. The highest BCUT2D eigenvalue weighted by Gasteiger charge is 2.52. The number of ether oxygens (including phenoxy) is 1. The number of Topliss-reactive ketones (excluding diaryl/α,β-unsaturated/α-hetero) is 1. The number of anilines is 1. The standard InChI is InChI=1S/C33H32N4O4/c1-2-33(29(38)12-13-35-14-16-36(17-15-35)24-9-4-3-5-10-24)26-19-28-30-23(18-22-8-6-7-11-27(22)34-30)20-37(28)31(39)25(26)21-41-32(33)40/h3-11,18-19H,2,12-17,20-21H2,1H3/t33-/m1/s1. The molecule has 0 radical (unpaired) electrons. The monoisotopic (exact) mass is 548 g/mol. The second-order valence-electron chi connectivity index (χ2n) is 11.2. The zero-order valence-electron chi connectivity index (χ0n) is 23.1. The smallest absolute Gasteiger partial charge is 0.324 e. The largest absolute Gasteiger partial charge is 0.460 e. The van der Waals surface area contributed by atoms with Crippen molar-refractivity contribution < 1.29 is 14.3 Å². The summed E-state index contributed by atoms with van der Waals surface area (Å²) < 4.78 is 7.26. The second kappa shape index (κ2) is 9.96. The van der Waals surface area contributed by atoms with Crippen molar-refractivity contribution in [2.75, 3.05) is 37.6 Å². The molecule has 5 heterocycles. The number of cyclic esters (lactones) is 1. The van der Waals surface area contributed by atoms with Gasteiger partial charge >= 0.3 is 5.97 Å². The summed E-state index contributed by atoms with van der Waals surface area (Å²) in [4.78, 5) is 50.7. The number of piperazine rings is 1. The molecule has 0 saturated carbocycles. The molecule has 1 fully saturated rings.